The fourth-order valence-electron chi connectivity index (χ4n) is 5.47. The summed E-state index contributed by atoms with van der Waals surface area (Å²) in [6.45, 7) is 4.06. The minimum absolute atomic E-state index is 0.0929. The van der Waals surface area contributed by atoms with Crippen LogP contribution in [0, 0.1) is 17.2 Å². The van der Waals surface area contributed by atoms with E-state index in [0.29, 0.717) is 28.3 Å². The molecule has 0 bridgehead atoms. The van der Waals surface area contributed by atoms with Gasteiger partial charge in [-0.25, -0.2) is 4.98 Å². The summed E-state index contributed by atoms with van der Waals surface area (Å²) in [7, 11) is 1.61. The molecule has 2 aliphatic heterocycles. The Morgan fingerprint density at radius 2 is 2.08 bits per heavy atom. The number of nitrogens with two attached hydrogens (primary N) is 1. The number of aromatic nitrogens is 1. The summed E-state index contributed by atoms with van der Waals surface area (Å²) in [6, 6.07) is 13.2. The summed E-state index contributed by atoms with van der Waals surface area (Å²) in [4.78, 5) is 47.9. The zero-order valence-electron chi connectivity index (χ0n) is 20.9. The summed E-state index contributed by atoms with van der Waals surface area (Å²) >= 11 is 1.30. The summed E-state index contributed by atoms with van der Waals surface area (Å²) in [6.07, 6.45) is 0.634. The van der Waals surface area contributed by atoms with Crippen LogP contribution in [0.3, 0.4) is 0 Å². The third-order valence-corrected chi connectivity index (χ3v) is 8.18. The van der Waals surface area contributed by atoms with E-state index in [9.17, 15) is 19.6 Å². The maximum Gasteiger partial charge on any atom is 0.254 e. The Labute approximate surface area is 218 Å². The van der Waals surface area contributed by atoms with Gasteiger partial charge in [-0.3, -0.25) is 14.4 Å². The molecule has 3 N–H and O–H groups in total. The van der Waals surface area contributed by atoms with Gasteiger partial charge >= 0.3 is 0 Å². The van der Waals surface area contributed by atoms with Gasteiger partial charge in [-0.05, 0) is 42.2 Å². The van der Waals surface area contributed by atoms with Gasteiger partial charge in [-0.15, -0.1) is 0 Å². The second-order valence-electron chi connectivity index (χ2n) is 10.2. The van der Waals surface area contributed by atoms with Crippen LogP contribution in [0.2, 0.25) is 0 Å². The number of fused-ring (bicyclic) bond motifs is 3. The highest BCUT2D eigenvalue weighted by atomic mass is 32.1. The molecule has 1 spiro atoms. The topological polar surface area (TPSA) is 132 Å². The Hall–Kier alpha value is -3.97. The largest absolute Gasteiger partial charge is 0.375 e. The molecule has 0 aliphatic carbocycles. The fourth-order valence-corrected chi connectivity index (χ4v) is 6.24. The Morgan fingerprint density at radius 3 is 2.81 bits per heavy atom. The molecular formula is C27H28N6O3S. The molecule has 0 saturated carbocycles. The van der Waals surface area contributed by atoms with Gasteiger partial charge < -0.3 is 20.9 Å². The minimum atomic E-state index is -0.977. The quantitative estimate of drug-likeness (QED) is 0.534. The normalized spacial score (nSPS) is 21.2. The van der Waals surface area contributed by atoms with Gasteiger partial charge in [-0.2, -0.15) is 5.26 Å². The number of rotatable bonds is 5. The molecular weight excluding hydrogens is 488 g/mol. The van der Waals surface area contributed by atoms with Gasteiger partial charge in [0.15, 0.2) is 5.13 Å². The van der Waals surface area contributed by atoms with Crippen molar-refractivity contribution < 1.29 is 14.4 Å². The van der Waals surface area contributed by atoms with Crippen LogP contribution in [0.5, 0.6) is 0 Å². The lowest BCUT2D eigenvalue weighted by atomic mass is 9.80. The lowest BCUT2D eigenvalue weighted by Crippen LogP contribution is -2.52. The van der Waals surface area contributed by atoms with Crippen LogP contribution in [0.1, 0.15) is 42.6 Å². The molecule has 10 heteroatoms. The number of nitrogens with one attached hydrogen (secondary N) is 1. The molecule has 0 radical (unpaired) electrons. The second kappa shape index (κ2) is 9.16. The summed E-state index contributed by atoms with van der Waals surface area (Å²) in [5, 5.41) is 13.3. The molecule has 1 saturated heterocycles. The van der Waals surface area contributed by atoms with Crippen molar-refractivity contribution >= 4 is 50.1 Å². The van der Waals surface area contributed by atoms with Crippen molar-refractivity contribution in [1.82, 2.24) is 14.8 Å². The van der Waals surface area contributed by atoms with Gasteiger partial charge in [0.05, 0.1) is 21.7 Å². The average molecular weight is 517 g/mol. The van der Waals surface area contributed by atoms with Crippen LogP contribution < -0.4 is 11.1 Å². The predicted molar refractivity (Wildman–Crippen MR) is 142 cm³/mol. The van der Waals surface area contributed by atoms with Crippen LogP contribution in [0.15, 0.2) is 42.5 Å². The number of likely N-dealkylation sites (tertiary alicyclic amines) is 1. The van der Waals surface area contributed by atoms with Crippen molar-refractivity contribution in [1.29, 1.82) is 5.26 Å². The van der Waals surface area contributed by atoms with Crippen molar-refractivity contribution in [3.8, 4) is 6.07 Å². The van der Waals surface area contributed by atoms with E-state index < -0.39 is 17.5 Å². The number of para-hydroxylation sites is 1. The molecule has 3 amide bonds. The van der Waals surface area contributed by atoms with Crippen LogP contribution in [-0.2, 0) is 15.0 Å². The maximum absolute atomic E-state index is 14.0. The lowest BCUT2D eigenvalue weighted by Gasteiger charge is -2.33. The SMILES string of the molecule is CC(C)C[C@@H](C(=O)N1C[C@]2(C[C@H]1C#N)C(=O)Nc1ccccc12)N(C)C(=O)c1ccc2nc(N)sc2c1. The highest BCUT2D eigenvalue weighted by molar-refractivity contribution is 7.22. The molecule has 1 fully saturated rings. The first-order valence-corrected chi connectivity index (χ1v) is 13.0. The number of hydrogen-bond acceptors (Lipinski definition) is 7. The van der Waals surface area contributed by atoms with Crippen LogP contribution in [-0.4, -0.2) is 58.2 Å². The molecule has 5 rings (SSSR count). The van der Waals surface area contributed by atoms with E-state index in [2.05, 4.69) is 16.4 Å². The summed E-state index contributed by atoms with van der Waals surface area (Å²) in [5.74, 6) is -0.723. The van der Waals surface area contributed by atoms with Crippen molar-refractivity contribution in [3.63, 3.8) is 0 Å². The molecule has 2 aliphatic rings. The summed E-state index contributed by atoms with van der Waals surface area (Å²) in [5.41, 5.74) is 7.49. The number of thiazole rings is 1. The zero-order chi connectivity index (χ0) is 26.5. The maximum atomic E-state index is 14.0. The van der Waals surface area contributed by atoms with E-state index in [1.54, 1.807) is 25.2 Å². The monoisotopic (exact) mass is 516 g/mol. The molecule has 37 heavy (non-hydrogen) atoms. The van der Waals surface area contributed by atoms with E-state index in [0.717, 1.165) is 10.3 Å². The van der Waals surface area contributed by atoms with Gasteiger partial charge in [0.1, 0.15) is 12.1 Å². The molecule has 190 valence electrons. The molecule has 1 aromatic heterocycles. The third-order valence-electron chi connectivity index (χ3n) is 7.34. The fraction of sp³-hybridized carbons (Fsp3) is 0.370. The molecule has 3 heterocycles. The van der Waals surface area contributed by atoms with Crippen molar-refractivity contribution in [3.05, 3.63) is 53.6 Å². The second-order valence-corrected chi connectivity index (χ2v) is 11.3. The smallest absolute Gasteiger partial charge is 0.254 e. The first-order valence-electron chi connectivity index (χ1n) is 12.2. The highest BCUT2D eigenvalue weighted by Gasteiger charge is 2.56. The third kappa shape index (κ3) is 4.09. The molecule has 9 nitrogen and oxygen atoms in total. The number of nitriles is 1. The Balaban J connectivity index is 1.45. The Bertz CT molecular complexity index is 1460. The lowest BCUT2D eigenvalue weighted by molar-refractivity contribution is -0.136. The van der Waals surface area contributed by atoms with Crippen LogP contribution in [0.4, 0.5) is 10.8 Å². The minimum Gasteiger partial charge on any atom is -0.375 e. The van der Waals surface area contributed by atoms with E-state index in [1.807, 2.05) is 38.1 Å². The highest BCUT2D eigenvalue weighted by Crippen LogP contribution is 2.46. The van der Waals surface area contributed by atoms with Gasteiger partial charge in [0.25, 0.3) is 5.91 Å². The standard InChI is InChI=1S/C27H28N6O3S/c1-15(2)10-21(32(3)23(34)16-8-9-20-22(11-16)37-26(29)31-20)24(35)33-14-27(12-17(33)13-28)18-6-4-5-7-19(18)30-25(27)36/h4-9,11,15,17,21H,10,12,14H2,1-3H3,(H2,29,31)(H,30,36)/t17-,21-,27-/m0/s1. The average Bonchev–Trinajstić information content (AvgIpc) is 3.53. The first-order chi connectivity index (χ1) is 17.6. The van der Waals surface area contributed by atoms with Crippen molar-refractivity contribution in [2.75, 3.05) is 24.6 Å². The molecule has 3 aromatic rings. The molecule has 3 atom stereocenters. The molecule has 2 aromatic carbocycles. The number of anilines is 2. The van der Waals surface area contributed by atoms with Gasteiger partial charge in [0.2, 0.25) is 11.8 Å². The van der Waals surface area contributed by atoms with Crippen LogP contribution in [0.25, 0.3) is 10.2 Å². The van der Waals surface area contributed by atoms with Gasteiger partial charge in [-0.1, -0.05) is 43.4 Å². The van der Waals surface area contributed by atoms with Gasteiger partial charge in [0, 0.05) is 31.3 Å². The Kier molecular flexibility index (Phi) is 6.12. The van der Waals surface area contributed by atoms with Crippen LogP contribution >= 0.6 is 11.3 Å². The Morgan fingerprint density at radius 1 is 1.32 bits per heavy atom. The number of benzene rings is 2. The molecule has 0 unspecified atom stereocenters. The van der Waals surface area contributed by atoms with E-state index in [1.165, 1.54) is 21.1 Å². The number of likely N-dealkylation sites (N-methyl/N-ethyl adjacent to an activating group) is 1. The van der Waals surface area contributed by atoms with Crippen molar-refractivity contribution in [2.45, 2.75) is 44.2 Å². The first kappa shape index (κ1) is 24.7. The number of hydrogen-bond donors (Lipinski definition) is 2. The van der Waals surface area contributed by atoms with E-state index >= 15 is 0 Å². The van der Waals surface area contributed by atoms with E-state index in [4.69, 9.17) is 5.73 Å². The number of carbonyl (C=O) groups is 3. The number of nitrogen functional groups attached to an aromatic ring is 1. The zero-order valence-corrected chi connectivity index (χ0v) is 21.7. The summed E-state index contributed by atoms with van der Waals surface area (Å²) < 4.78 is 0.792. The number of nitrogens with zero attached hydrogens (tertiary/aromatic N) is 4. The number of carbonyl (C=O) groups excluding carboxylic acids is 3. The van der Waals surface area contributed by atoms with E-state index in [-0.39, 0.29) is 36.6 Å². The van der Waals surface area contributed by atoms with Crippen molar-refractivity contribution in [2.24, 2.45) is 5.92 Å². The number of amides is 3. The predicted octanol–water partition coefficient (Wildman–Crippen LogP) is 3.38.